The molecule has 0 atom stereocenters. The number of hydrogen-bond acceptors (Lipinski definition) is 2. The van der Waals surface area contributed by atoms with E-state index in [9.17, 15) is 5.11 Å². The summed E-state index contributed by atoms with van der Waals surface area (Å²) in [7, 11) is 0. The minimum Gasteiger partial charge on any atom is -0.507 e. The fourth-order valence-electron chi connectivity index (χ4n) is 2.66. The molecule has 0 aliphatic rings. The van der Waals surface area contributed by atoms with Gasteiger partial charge in [0.15, 0.2) is 0 Å². The predicted octanol–water partition coefficient (Wildman–Crippen LogP) is 5.76. The average Bonchev–Trinajstić information content (AvgIpc) is 2.73. The van der Waals surface area contributed by atoms with E-state index < -0.39 is 0 Å². The molecule has 0 aliphatic heterocycles. The molecule has 0 saturated heterocycles. The lowest BCUT2D eigenvalue weighted by atomic mass is 10.0. The number of thiophene rings is 1. The van der Waals surface area contributed by atoms with Crippen molar-refractivity contribution in [2.75, 3.05) is 0 Å². The van der Waals surface area contributed by atoms with Gasteiger partial charge in [-0.3, -0.25) is 0 Å². The molecule has 98 valence electrons. The Morgan fingerprint density at radius 2 is 1.42 bits per heavy atom. The van der Waals surface area contributed by atoms with Crippen molar-refractivity contribution in [3.05, 3.63) is 38.9 Å². The molecule has 1 nitrogen and oxygen atoms in total. The zero-order chi connectivity index (χ0) is 13.9. The molecule has 0 spiro atoms. The first-order valence-corrected chi connectivity index (χ1v) is 7.84. The Hall–Kier alpha value is -1.06. The predicted molar refractivity (Wildman–Crippen MR) is 87.6 cm³/mol. The summed E-state index contributed by atoms with van der Waals surface area (Å²) in [4.78, 5) is 0. The van der Waals surface area contributed by atoms with Crippen molar-refractivity contribution in [3.63, 3.8) is 0 Å². The Bertz CT molecular complexity index is 762. The second-order valence-electron chi connectivity index (χ2n) is 5.15. The molecule has 3 aromatic rings. The van der Waals surface area contributed by atoms with E-state index in [4.69, 9.17) is 0 Å². The van der Waals surface area contributed by atoms with Crippen LogP contribution in [0.5, 0.6) is 5.75 Å². The smallest absolute Gasteiger partial charge is 0.122 e. The number of halogens is 1. The fraction of sp³-hybridized carbons (Fsp3) is 0.250. The quantitative estimate of drug-likeness (QED) is 0.554. The van der Waals surface area contributed by atoms with Crippen LogP contribution in [0.3, 0.4) is 0 Å². The van der Waals surface area contributed by atoms with E-state index in [1.54, 1.807) is 11.3 Å². The minimum absolute atomic E-state index is 0.424. The van der Waals surface area contributed by atoms with Crippen molar-refractivity contribution in [2.24, 2.45) is 0 Å². The van der Waals surface area contributed by atoms with E-state index in [1.165, 1.54) is 35.8 Å². The largest absolute Gasteiger partial charge is 0.507 e. The summed E-state index contributed by atoms with van der Waals surface area (Å²) >= 11 is 5.43. The molecule has 3 heteroatoms. The molecule has 0 unspecified atom stereocenters. The number of rotatable bonds is 0. The Kier molecular flexibility index (Phi) is 2.88. The van der Waals surface area contributed by atoms with Crippen molar-refractivity contribution in [1.29, 1.82) is 0 Å². The molecule has 1 N–H and O–H groups in total. The second-order valence-corrected chi connectivity index (χ2v) is 6.97. The molecule has 1 heterocycles. The lowest BCUT2D eigenvalue weighted by Gasteiger charge is -2.05. The van der Waals surface area contributed by atoms with E-state index in [0.717, 1.165) is 11.1 Å². The van der Waals surface area contributed by atoms with Crippen LogP contribution in [-0.2, 0) is 0 Å². The number of phenols is 1. The van der Waals surface area contributed by atoms with Gasteiger partial charge < -0.3 is 5.11 Å². The highest BCUT2D eigenvalue weighted by Crippen LogP contribution is 2.43. The third kappa shape index (κ3) is 1.72. The normalized spacial score (nSPS) is 11.6. The van der Waals surface area contributed by atoms with Gasteiger partial charge in [-0.1, -0.05) is 15.9 Å². The number of fused-ring (bicyclic) bond motifs is 3. The van der Waals surface area contributed by atoms with Crippen molar-refractivity contribution in [2.45, 2.75) is 27.7 Å². The zero-order valence-corrected chi connectivity index (χ0v) is 13.8. The van der Waals surface area contributed by atoms with Crippen LogP contribution in [0.15, 0.2) is 16.6 Å². The molecule has 0 radical (unpaired) electrons. The van der Waals surface area contributed by atoms with E-state index in [-0.39, 0.29) is 0 Å². The summed E-state index contributed by atoms with van der Waals surface area (Å²) in [5, 5.41) is 12.7. The summed E-state index contributed by atoms with van der Waals surface area (Å²) in [5.74, 6) is 0.424. The first-order valence-electron chi connectivity index (χ1n) is 6.23. The Morgan fingerprint density at radius 1 is 0.895 bits per heavy atom. The molecule has 1 aromatic heterocycles. The summed E-state index contributed by atoms with van der Waals surface area (Å²) in [6, 6.07) is 4.34. The van der Waals surface area contributed by atoms with E-state index in [0.29, 0.717) is 5.75 Å². The van der Waals surface area contributed by atoms with Crippen molar-refractivity contribution in [1.82, 2.24) is 0 Å². The highest BCUT2D eigenvalue weighted by Gasteiger charge is 2.15. The SMILES string of the molecule is Cc1cc2c(sc3c(C)c(Br)c(C)cc32)c(C)c1O. The summed E-state index contributed by atoms with van der Waals surface area (Å²) < 4.78 is 3.68. The van der Waals surface area contributed by atoms with Gasteiger partial charge in [0.2, 0.25) is 0 Å². The van der Waals surface area contributed by atoms with Crippen LogP contribution in [0.1, 0.15) is 22.3 Å². The van der Waals surface area contributed by atoms with Crippen molar-refractivity contribution < 1.29 is 5.11 Å². The van der Waals surface area contributed by atoms with Gasteiger partial charge in [0.25, 0.3) is 0 Å². The minimum atomic E-state index is 0.424. The third-order valence-corrected chi connectivity index (χ3v) is 6.47. The van der Waals surface area contributed by atoms with Gasteiger partial charge in [-0.25, -0.2) is 0 Å². The lowest BCUT2D eigenvalue weighted by Crippen LogP contribution is -1.83. The highest BCUT2D eigenvalue weighted by molar-refractivity contribution is 9.10. The van der Waals surface area contributed by atoms with Crippen LogP contribution in [0.2, 0.25) is 0 Å². The molecule has 0 aliphatic carbocycles. The van der Waals surface area contributed by atoms with Gasteiger partial charge >= 0.3 is 0 Å². The van der Waals surface area contributed by atoms with E-state index in [1.807, 2.05) is 13.8 Å². The van der Waals surface area contributed by atoms with E-state index in [2.05, 4.69) is 41.9 Å². The Morgan fingerprint density at radius 3 is 2.05 bits per heavy atom. The second kappa shape index (κ2) is 4.22. The van der Waals surface area contributed by atoms with Crippen LogP contribution in [0, 0.1) is 27.7 Å². The topological polar surface area (TPSA) is 20.2 Å². The van der Waals surface area contributed by atoms with Gasteiger partial charge in [-0.2, -0.15) is 0 Å². The van der Waals surface area contributed by atoms with Gasteiger partial charge in [-0.15, -0.1) is 11.3 Å². The molecule has 0 amide bonds. The lowest BCUT2D eigenvalue weighted by molar-refractivity contribution is 0.468. The number of hydrogen-bond donors (Lipinski definition) is 1. The maximum atomic E-state index is 10.1. The first-order chi connectivity index (χ1) is 8.91. The maximum absolute atomic E-state index is 10.1. The molecular formula is C16H15BrOS. The molecule has 0 saturated carbocycles. The van der Waals surface area contributed by atoms with Crippen molar-refractivity contribution >= 4 is 47.4 Å². The molecule has 3 rings (SSSR count). The zero-order valence-electron chi connectivity index (χ0n) is 11.4. The van der Waals surface area contributed by atoms with Gasteiger partial charge in [0.05, 0.1) is 0 Å². The monoisotopic (exact) mass is 334 g/mol. The molecule has 0 fully saturated rings. The van der Waals surface area contributed by atoms with Gasteiger partial charge in [-0.05, 0) is 56.5 Å². The Labute approximate surface area is 125 Å². The number of aromatic hydroxyl groups is 1. The molecule has 0 bridgehead atoms. The Balaban J connectivity index is 2.61. The van der Waals surface area contributed by atoms with Crippen LogP contribution < -0.4 is 0 Å². The van der Waals surface area contributed by atoms with Crippen LogP contribution >= 0.6 is 27.3 Å². The first kappa shape index (κ1) is 12.9. The van der Waals surface area contributed by atoms with E-state index >= 15 is 0 Å². The number of benzene rings is 2. The fourth-order valence-corrected chi connectivity index (χ4v) is 4.37. The maximum Gasteiger partial charge on any atom is 0.122 e. The standard InChI is InChI=1S/C16H15BrOS/c1-7-5-11-12-6-8(2)14(18)10(4)16(12)19-15(11)9(3)13(7)17/h5-6,18H,1-4H3. The number of aryl methyl sites for hydroxylation is 4. The average molecular weight is 335 g/mol. The molecule has 19 heavy (non-hydrogen) atoms. The summed E-state index contributed by atoms with van der Waals surface area (Å²) in [5.41, 5.74) is 4.48. The van der Waals surface area contributed by atoms with Gasteiger partial charge in [0, 0.05) is 30.2 Å². The molecule has 2 aromatic carbocycles. The van der Waals surface area contributed by atoms with Crippen molar-refractivity contribution in [3.8, 4) is 5.75 Å². The van der Waals surface area contributed by atoms with Gasteiger partial charge in [0.1, 0.15) is 5.75 Å². The van der Waals surface area contributed by atoms with Crippen LogP contribution in [0.25, 0.3) is 20.2 Å². The summed E-state index contributed by atoms with van der Waals surface area (Å²) in [6.07, 6.45) is 0. The van der Waals surface area contributed by atoms with Crippen LogP contribution in [0.4, 0.5) is 0 Å². The number of phenolic OH excluding ortho intramolecular Hbond substituents is 1. The highest BCUT2D eigenvalue weighted by atomic mass is 79.9. The summed E-state index contributed by atoms with van der Waals surface area (Å²) in [6.45, 7) is 8.23. The third-order valence-electron chi connectivity index (χ3n) is 3.79. The van der Waals surface area contributed by atoms with Crippen LogP contribution in [-0.4, -0.2) is 5.11 Å². The molecular weight excluding hydrogens is 320 g/mol.